The second-order valence-corrected chi connectivity index (χ2v) is 7.58. The first-order valence-corrected chi connectivity index (χ1v) is 7.21. The van der Waals surface area contributed by atoms with E-state index < -0.39 is 0 Å². The minimum Gasteiger partial charge on any atom is -0.348 e. The molecule has 3 fully saturated rings. The Labute approximate surface area is 105 Å². The molecule has 0 aromatic carbocycles. The van der Waals surface area contributed by atoms with E-state index >= 15 is 0 Å². The Morgan fingerprint density at radius 3 is 1.88 bits per heavy atom. The van der Waals surface area contributed by atoms with Gasteiger partial charge in [-0.3, -0.25) is 0 Å². The van der Waals surface area contributed by atoms with E-state index in [0.717, 1.165) is 32.0 Å². The van der Waals surface area contributed by atoms with Gasteiger partial charge in [0.1, 0.15) is 0 Å². The third-order valence-corrected chi connectivity index (χ3v) is 5.47. The zero-order valence-corrected chi connectivity index (χ0v) is 11.6. The van der Waals surface area contributed by atoms with Crippen molar-refractivity contribution < 1.29 is 9.47 Å². The van der Waals surface area contributed by atoms with Crippen LogP contribution in [-0.4, -0.2) is 19.0 Å². The van der Waals surface area contributed by atoms with Crippen LogP contribution in [0.3, 0.4) is 0 Å². The SMILES string of the molecule is CC(C)(C)C1CC2(CCC3(CC2)OCCO3)C1. The summed E-state index contributed by atoms with van der Waals surface area (Å²) in [5.74, 6) is 0.764. The van der Waals surface area contributed by atoms with E-state index in [2.05, 4.69) is 20.8 Å². The average molecular weight is 238 g/mol. The number of hydrogen-bond acceptors (Lipinski definition) is 2. The molecule has 0 bridgehead atoms. The standard InChI is InChI=1S/C15H26O2/c1-13(2,3)12-10-14(11-12)4-6-15(7-5-14)16-8-9-17-15/h12H,4-11H2,1-3H3. The molecule has 2 nitrogen and oxygen atoms in total. The van der Waals surface area contributed by atoms with E-state index in [1.54, 1.807) is 0 Å². The highest BCUT2D eigenvalue weighted by Crippen LogP contribution is 2.61. The number of ether oxygens (including phenoxy) is 2. The molecular weight excluding hydrogens is 212 g/mol. The van der Waals surface area contributed by atoms with Crippen molar-refractivity contribution >= 4 is 0 Å². The lowest BCUT2D eigenvalue weighted by molar-refractivity contribution is -0.206. The van der Waals surface area contributed by atoms with Crippen LogP contribution >= 0.6 is 0 Å². The lowest BCUT2D eigenvalue weighted by Gasteiger charge is -2.56. The molecule has 0 radical (unpaired) electrons. The molecule has 2 spiro atoms. The van der Waals surface area contributed by atoms with Crippen LogP contribution in [0.25, 0.3) is 0 Å². The summed E-state index contributed by atoms with van der Waals surface area (Å²) in [6.07, 6.45) is 7.77. The van der Waals surface area contributed by atoms with Crippen LogP contribution < -0.4 is 0 Å². The quantitative estimate of drug-likeness (QED) is 0.640. The maximum atomic E-state index is 5.82. The molecule has 3 rings (SSSR count). The first-order chi connectivity index (χ1) is 7.93. The Kier molecular flexibility index (Phi) is 2.61. The van der Waals surface area contributed by atoms with Gasteiger partial charge in [-0.15, -0.1) is 0 Å². The highest BCUT2D eigenvalue weighted by atomic mass is 16.7. The van der Waals surface area contributed by atoms with Gasteiger partial charge in [0.2, 0.25) is 0 Å². The van der Waals surface area contributed by atoms with Crippen LogP contribution in [0.15, 0.2) is 0 Å². The fraction of sp³-hybridized carbons (Fsp3) is 1.00. The van der Waals surface area contributed by atoms with Crippen molar-refractivity contribution in [3.8, 4) is 0 Å². The largest absolute Gasteiger partial charge is 0.348 e. The molecule has 17 heavy (non-hydrogen) atoms. The summed E-state index contributed by atoms with van der Waals surface area (Å²) >= 11 is 0. The van der Waals surface area contributed by atoms with Crippen LogP contribution in [0.1, 0.15) is 59.3 Å². The zero-order chi connectivity index (χ0) is 12.1. The van der Waals surface area contributed by atoms with Crippen molar-refractivity contribution in [2.75, 3.05) is 13.2 Å². The average Bonchev–Trinajstić information content (AvgIpc) is 2.63. The first kappa shape index (κ1) is 12.0. The fourth-order valence-electron chi connectivity index (χ4n) is 3.95. The minimum atomic E-state index is -0.169. The predicted octanol–water partition coefficient (Wildman–Crippen LogP) is 3.75. The molecule has 2 aliphatic carbocycles. The van der Waals surface area contributed by atoms with Gasteiger partial charge in [-0.25, -0.2) is 0 Å². The Hall–Kier alpha value is -0.0800. The summed E-state index contributed by atoms with van der Waals surface area (Å²) in [5, 5.41) is 0. The Morgan fingerprint density at radius 1 is 0.882 bits per heavy atom. The van der Waals surface area contributed by atoms with Crippen molar-refractivity contribution in [3.05, 3.63) is 0 Å². The van der Waals surface area contributed by atoms with Gasteiger partial charge in [-0.2, -0.15) is 0 Å². The Bertz CT molecular complexity index is 279. The van der Waals surface area contributed by atoms with E-state index in [-0.39, 0.29) is 5.79 Å². The van der Waals surface area contributed by atoms with Crippen molar-refractivity contribution in [3.63, 3.8) is 0 Å². The molecule has 2 heteroatoms. The van der Waals surface area contributed by atoms with E-state index in [1.807, 2.05) is 0 Å². The van der Waals surface area contributed by atoms with E-state index in [1.165, 1.54) is 25.7 Å². The van der Waals surface area contributed by atoms with Gasteiger partial charge in [-0.05, 0) is 42.4 Å². The number of hydrogen-bond donors (Lipinski definition) is 0. The molecule has 0 aromatic rings. The van der Waals surface area contributed by atoms with Gasteiger partial charge >= 0.3 is 0 Å². The summed E-state index contributed by atoms with van der Waals surface area (Å²) in [5.41, 5.74) is 1.15. The minimum absolute atomic E-state index is 0.169. The summed E-state index contributed by atoms with van der Waals surface area (Å²) in [6.45, 7) is 8.77. The van der Waals surface area contributed by atoms with Gasteiger partial charge in [-0.1, -0.05) is 20.8 Å². The van der Waals surface area contributed by atoms with E-state index in [9.17, 15) is 0 Å². The van der Waals surface area contributed by atoms with Crippen molar-refractivity contribution in [1.82, 2.24) is 0 Å². The topological polar surface area (TPSA) is 18.5 Å². The third kappa shape index (κ3) is 2.04. The van der Waals surface area contributed by atoms with Gasteiger partial charge in [0, 0.05) is 12.8 Å². The summed E-state index contributed by atoms with van der Waals surface area (Å²) in [7, 11) is 0. The molecule has 1 heterocycles. The van der Waals surface area contributed by atoms with Gasteiger partial charge in [0.05, 0.1) is 13.2 Å². The molecule has 0 aromatic heterocycles. The van der Waals surface area contributed by atoms with Crippen molar-refractivity contribution in [2.45, 2.75) is 65.1 Å². The summed E-state index contributed by atoms with van der Waals surface area (Å²) < 4.78 is 11.6. The smallest absolute Gasteiger partial charge is 0.168 e. The third-order valence-electron chi connectivity index (χ3n) is 5.47. The molecule has 3 aliphatic rings. The molecule has 0 amide bonds. The molecule has 2 saturated carbocycles. The number of rotatable bonds is 0. The molecule has 0 N–H and O–H groups in total. The molecule has 0 unspecified atom stereocenters. The zero-order valence-electron chi connectivity index (χ0n) is 11.6. The van der Waals surface area contributed by atoms with Gasteiger partial charge in [0.25, 0.3) is 0 Å². The molecular formula is C15H26O2. The van der Waals surface area contributed by atoms with Crippen LogP contribution in [0.5, 0.6) is 0 Å². The van der Waals surface area contributed by atoms with Crippen molar-refractivity contribution in [1.29, 1.82) is 0 Å². The lowest BCUT2D eigenvalue weighted by Crippen LogP contribution is -2.49. The normalized spacial score (nSPS) is 31.9. The monoisotopic (exact) mass is 238 g/mol. The fourth-order valence-corrected chi connectivity index (χ4v) is 3.95. The highest BCUT2D eigenvalue weighted by molar-refractivity contribution is 5.02. The summed E-state index contributed by atoms with van der Waals surface area (Å²) in [6, 6.07) is 0. The van der Waals surface area contributed by atoms with Crippen molar-refractivity contribution in [2.24, 2.45) is 16.7 Å². The second-order valence-electron chi connectivity index (χ2n) is 7.58. The maximum absolute atomic E-state index is 5.82. The van der Waals surface area contributed by atoms with Crippen LogP contribution in [0.2, 0.25) is 0 Å². The predicted molar refractivity (Wildman–Crippen MR) is 67.7 cm³/mol. The molecule has 0 atom stereocenters. The van der Waals surface area contributed by atoms with Gasteiger partial charge < -0.3 is 9.47 Å². The molecule has 1 aliphatic heterocycles. The Balaban J connectivity index is 1.56. The second kappa shape index (κ2) is 3.71. The van der Waals surface area contributed by atoms with Gasteiger partial charge in [0.15, 0.2) is 5.79 Å². The van der Waals surface area contributed by atoms with Crippen LogP contribution in [0.4, 0.5) is 0 Å². The van der Waals surface area contributed by atoms with E-state index in [0.29, 0.717) is 10.8 Å². The maximum Gasteiger partial charge on any atom is 0.168 e. The van der Waals surface area contributed by atoms with Crippen LogP contribution in [-0.2, 0) is 9.47 Å². The molecule has 1 saturated heterocycles. The Morgan fingerprint density at radius 2 is 1.41 bits per heavy atom. The first-order valence-electron chi connectivity index (χ1n) is 7.21. The highest BCUT2D eigenvalue weighted by Gasteiger charge is 2.53. The van der Waals surface area contributed by atoms with E-state index in [4.69, 9.17) is 9.47 Å². The lowest BCUT2D eigenvalue weighted by atomic mass is 9.50. The summed E-state index contributed by atoms with van der Waals surface area (Å²) in [4.78, 5) is 0. The molecule has 98 valence electrons. The van der Waals surface area contributed by atoms with Crippen LogP contribution in [0, 0.1) is 16.7 Å².